The Morgan fingerprint density at radius 2 is 2.29 bits per heavy atom. The Kier molecular flexibility index (Phi) is 4.67. The number of rotatable bonds is 4. The van der Waals surface area contributed by atoms with Crippen LogP contribution in [0.1, 0.15) is 25.2 Å². The number of likely N-dealkylation sites (tertiary alicyclic amines) is 1. The summed E-state index contributed by atoms with van der Waals surface area (Å²) in [6, 6.07) is 8.33. The van der Waals surface area contributed by atoms with Crippen LogP contribution in [0.25, 0.3) is 11.4 Å². The molecule has 1 aliphatic heterocycles. The quantitative estimate of drug-likeness (QED) is 0.917. The van der Waals surface area contributed by atoms with Crippen LogP contribution in [0.3, 0.4) is 0 Å². The van der Waals surface area contributed by atoms with Crippen molar-refractivity contribution in [2.75, 3.05) is 13.1 Å². The van der Waals surface area contributed by atoms with E-state index in [9.17, 15) is 0 Å². The van der Waals surface area contributed by atoms with Gasteiger partial charge in [0.2, 0.25) is 11.7 Å². The molecule has 0 spiro atoms. The third kappa shape index (κ3) is 3.51. The predicted octanol–water partition coefficient (Wildman–Crippen LogP) is 2.81. The number of nitrogens with zero attached hydrogens (tertiary/aromatic N) is 3. The van der Waals surface area contributed by atoms with Crippen LogP contribution in [0.4, 0.5) is 0 Å². The lowest BCUT2D eigenvalue weighted by atomic mass is 10.0. The molecule has 112 valence electrons. The van der Waals surface area contributed by atoms with Crippen LogP contribution in [0.2, 0.25) is 0 Å². The Bertz CT molecular complexity index is 601. The maximum atomic E-state index is 5.85. The van der Waals surface area contributed by atoms with Crippen LogP contribution in [-0.4, -0.2) is 34.2 Å². The molecule has 1 atom stereocenters. The molecule has 2 N–H and O–H groups in total. The summed E-state index contributed by atoms with van der Waals surface area (Å²) in [4.78, 5) is 6.85. The maximum absolute atomic E-state index is 5.85. The Labute approximate surface area is 132 Å². The second-order valence-corrected chi connectivity index (χ2v) is 6.29. The van der Waals surface area contributed by atoms with E-state index in [1.165, 1.54) is 12.8 Å². The van der Waals surface area contributed by atoms with Gasteiger partial charge in [-0.15, -0.1) is 0 Å². The molecule has 1 saturated heterocycles. The van der Waals surface area contributed by atoms with E-state index in [1.807, 2.05) is 24.3 Å². The first-order chi connectivity index (χ1) is 10.3. The Morgan fingerprint density at radius 1 is 1.38 bits per heavy atom. The van der Waals surface area contributed by atoms with Crippen molar-refractivity contribution in [3.05, 3.63) is 34.6 Å². The molecule has 1 aromatic carbocycles. The van der Waals surface area contributed by atoms with Crippen LogP contribution in [0, 0.1) is 0 Å². The van der Waals surface area contributed by atoms with Crippen molar-refractivity contribution in [3.63, 3.8) is 0 Å². The molecular formula is C15H19BrN4O. The van der Waals surface area contributed by atoms with Crippen LogP contribution in [0.15, 0.2) is 33.3 Å². The van der Waals surface area contributed by atoms with E-state index in [2.05, 4.69) is 31.0 Å². The van der Waals surface area contributed by atoms with E-state index in [0.717, 1.165) is 23.0 Å². The van der Waals surface area contributed by atoms with Crippen molar-refractivity contribution in [1.82, 2.24) is 15.0 Å². The van der Waals surface area contributed by atoms with Gasteiger partial charge in [-0.3, -0.25) is 4.90 Å². The fourth-order valence-electron chi connectivity index (χ4n) is 2.77. The zero-order chi connectivity index (χ0) is 14.7. The fourth-order valence-corrected chi connectivity index (χ4v) is 3.17. The monoisotopic (exact) mass is 350 g/mol. The lowest BCUT2D eigenvalue weighted by Gasteiger charge is -2.33. The summed E-state index contributed by atoms with van der Waals surface area (Å²) in [5.41, 5.74) is 6.80. The predicted molar refractivity (Wildman–Crippen MR) is 84.5 cm³/mol. The molecule has 1 fully saturated rings. The molecule has 5 nitrogen and oxygen atoms in total. The Morgan fingerprint density at radius 3 is 3.10 bits per heavy atom. The van der Waals surface area contributed by atoms with Gasteiger partial charge >= 0.3 is 0 Å². The normalized spacial score (nSPS) is 19.8. The number of hydrogen-bond acceptors (Lipinski definition) is 5. The molecule has 0 aliphatic carbocycles. The summed E-state index contributed by atoms with van der Waals surface area (Å²) < 4.78 is 6.40. The molecule has 2 aromatic rings. The molecule has 0 saturated carbocycles. The number of halogens is 1. The summed E-state index contributed by atoms with van der Waals surface area (Å²) in [6.45, 7) is 2.42. The highest BCUT2D eigenvalue weighted by Crippen LogP contribution is 2.22. The minimum absolute atomic E-state index is 0.431. The van der Waals surface area contributed by atoms with Crippen LogP contribution in [0.5, 0.6) is 0 Å². The van der Waals surface area contributed by atoms with Crippen molar-refractivity contribution in [2.24, 2.45) is 5.73 Å². The molecule has 0 amide bonds. The van der Waals surface area contributed by atoms with Crippen LogP contribution >= 0.6 is 15.9 Å². The third-order valence-corrected chi connectivity index (χ3v) is 4.40. The highest BCUT2D eigenvalue weighted by atomic mass is 79.9. The smallest absolute Gasteiger partial charge is 0.241 e. The van der Waals surface area contributed by atoms with Gasteiger partial charge in [-0.05, 0) is 31.5 Å². The van der Waals surface area contributed by atoms with Gasteiger partial charge in [0.15, 0.2) is 0 Å². The number of hydrogen-bond donors (Lipinski definition) is 1. The first kappa shape index (κ1) is 14.7. The summed E-state index contributed by atoms with van der Waals surface area (Å²) in [5, 5.41) is 4.08. The largest absolute Gasteiger partial charge is 0.338 e. The summed E-state index contributed by atoms with van der Waals surface area (Å²) >= 11 is 3.45. The van der Waals surface area contributed by atoms with Gasteiger partial charge in [0.1, 0.15) is 0 Å². The molecule has 3 rings (SSSR count). The number of aromatic nitrogens is 2. The highest BCUT2D eigenvalue weighted by molar-refractivity contribution is 9.10. The Hall–Kier alpha value is -1.24. The minimum atomic E-state index is 0.431. The summed E-state index contributed by atoms with van der Waals surface area (Å²) in [5.74, 6) is 1.29. The van der Waals surface area contributed by atoms with E-state index in [-0.39, 0.29) is 0 Å². The molecule has 1 aromatic heterocycles. The van der Waals surface area contributed by atoms with E-state index in [1.54, 1.807) is 0 Å². The van der Waals surface area contributed by atoms with Gasteiger partial charge in [-0.1, -0.05) is 39.6 Å². The summed E-state index contributed by atoms with van der Waals surface area (Å²) in [6.07, 6.45) is 3.62. The van der Waals surface area contributed by atoms with Gasteiger partial charge in [-0.2, -0.15) is 4.98 Å². The maximum Gasteiger partial charge on any atom is 0.241 e. The van der Waals surface area contributed by atoms with E-state index >= 15 is 0 Å². The molecule has 2 heterocycles. The zero-order valence-electron chi connectivity index (χ0n) is 11.8. The average Bonchev–Trinajstić information content (AvgIpc) is 2.96. The molecule has 6 heteroatoms. The number of benzene rings is 1. The summed E-state index contributed by atoms with van der Waals surface area (Å²) in [7, 11) is 0. The Balaban J connectivity index is 1.73. The zero-order valence-corrected chi connectivity index (χ0v) is 13.4. The lowest BCUT2D eigenvalue weighted by molar-refractivity contribution is 0.128. The second-order valence-electron chi connectivity index (χ2n) is 5.38. The van der Waals surface area contributed by atoms with Crippen LogP contribution < -0.4 is 5.73 Å². The van der Waals surface area contributed by atoms with E-state index in [0.29, 0.717) is 30.8 Å². The first-order valence-electron chi connectivity index (χ1n) is 7.29. The van der Waals surface area contributed by atoms with Crippen LogP contribution in [-0.2, 0) is 6.54 Å². The molecular weight excluding hydrogens is 332 g/mol. The molecule has 0 radical (unpaired) electrons. The fraction of sp³-hybridized carbons (Fsp3) is 0.467. The minimum Gasteiger partial charge on any atom is -0.338 e. The standard InChI is InChI=1S/C15H19BrN4O/c16-12-5-3-4-11(8-12)15-18-14(21-19-15)10-20-7-2-1-6-13(20)9-17/h3-5,8,13H,1-2,6-7,9-10,17H2. The van der Waals surface area contributed by atoms with Crippen molar-refractivity contribution in [1.29, 1.82) is 0 Å². The van der Waals surface area contributed by atoms with Crippen molar-refractivity contribution < 1.29 is 4.52 Å². The van der Waals surface area contributed by atoms with Crippen molar-refractivity contribution >= 4 is 15.9 Å². The topological polar surface area (TPSA) is 68.2 Å². The first-order valence-corrected chi connectivity index (χ1v) is 8.08. The molecule has 1 unspecified atom stereocenters. The van der Waals surface area contributed by atoms with Crippen molar-refractivity contribution in [2.45, 2.75) is 31.8 Å². The molecule has 21 heavy (non-hydrogen) atoms. The number of piperidine rings is 1. The van der Waals surface area contributed by atoms with Crippen molar-refractivity contribution in [3.8, 4) is 11.4 Å². The lowest BCUT2D eigenvalue weighted by Crippen LogP contribution is -2.43. The van der Waals surface area contributed by atoms with Gasteiger partial charge in [-0.25, -0.2) is 0 Å². The van der Waals surface area contributed by atoms with E-state index < -0.39 is 0 Å². The molecule has 0 bridgehead atoms. The average molecular weight is 351 g/mol. The second kappa shape index (κ2) is 6.68. The van der Waals surface area contributed by atoms with Gasteiger partial charge < -0.3 is 10.3 Å². The van der Waals surface area contributed by atoms with E-state index in [4.69, 9.17) is 10.3 Å². The number of nitrogens with two attached hydrogens (primary N) is 1. The third-order valence-electron chi connectivity index (χ3n) is 3.91. The van der Waals surface area contributed by atoms with Gasteiger partial charge in [0.25, 0.3) is 0 Å². The highest BCUT2D eigenvalue weighted by Gasteiger charge is 2.23. The molecule has 1 aliphatic rings. The van der Waals surface area contributed by atoms with Gasteiger partial charge in [0.05, 0.1) is 6.54 Å². The van der Waals surface area contributed by atoms with Gasteiger partial charge in [0, 0.05) is 22.6 Å². The SMILES string of the molecule is NCC1CCCCN1Cc1nc(-c2cccc(Br)c2)no1.